The molecule has 0 heterocycles. The van der Waals surface area contributed by atoms with Crippen LogP contribution in [0.15, 0.2) is 22.7 Å². The number of carboxylic acids is 1. The topological polar surface area (TPSA) is 64.3 Å². The predicted molar refractivity (Wildman–Crippen MR) is 67.5 cm³/mol. The van der Waals surface area contributed by atoms with Gasteiger partial charge in [-0.2, -0.15) is 5.26 Å². The Balaban J connectivity index is 3.14. The van der Waals surface area contributed by atoms with Gasteiger partial charge in [0.25, 0.3) is 0 Å². The minimum atomic E-state index is -0.993. The van der Waals surface area contributed by atoms with Gasteiger partial charge < -0.3 is 10.0 Å². The largest absolute Gasteiger partial charge is 0.480 e. The molecule has 4 nitrogen and oxygen atoms in total. The molecule has 0 amide bonds. The number of hydrogen-bond acceptors (Lipinski definition) is 3. The molecular weight excluding hydrogens is 284 g/mol. The Morgan fingerprint density at radius 1 is 1.59 bits per heavy atom. The van der Waals surface area contributed by atoms with E-state index in [0.717, 1.165) is 4.47 Å². The number of hydrogen-bond donors (Lipinski definition) is 1. The van der Waals surface area contributed by atoms with E-state index in [-0.39, 0.29) is 13.1 Å². The maximum absolute atomic E-state index is 10.7. The van der Waals surface area contributed by atoms with E-state index in [1.807, 2.05) is 6.07 Å². The number of nitrogens with zero attached hydrogens (tertiary/aromatic N) is 2. The first-order valence-electron chi connectivity index (χ1n) is 4.68. The summed E-state index contributed by atoms with van der Waals surface area (Å²) < 4.78 is 0.758. The molecule has 0 fully saturated rings. The summed E-state index contributed by atoms with van der Waals surface area (Å²) in [5.41, 5.74) is 0.909. The SMILES string of the molecule is C#CCN(CC(=O)O)c1ccc(Br)cc1C#N. The molecule has 17 heavy (non-hydrogen) atoms. The van der Waals surface area contributed by atoms with Gasteiger partial charge in [0, 0.05) is 4.47 Å². The van der Waals surface area contributed by atoms with Crippen LogP contribution in [0.25, 0.3) is 0 Å². The highest BCUT2D eigenvalue weighted by Gasteiger charge is 2.13. The van der Waals surface area contributed by atoms with Crippen LogP contribution in [0.5, 0.6) is 0 Å². The van der Waals surface area contributed by atoms with Crippen LogP contribution in [0.3, 0.4) is 0 Å². The van der Waals surface area contributed by atoms with E-state index in [0.29, 0.717) is 11.3 Å². The second-order valence-electron chi connectivity index (χ2n) is 3.23. The Morgan fingerprint density at radius 2 is 2.29 bits per heavy atom. The molecule has 0 unspecified atom stereocenters. The summed E-state index contributed by atoms with van der Waals surface area (Å²) in [4.78, 5) is 12.2. The van der Waals surface area contributed by atoms with Crippen molar-refractivity contribution in [3.8, 4) is 18.4 Å². The zero-order valence-corrected chi connectivity index (χ0v) is 10.4. The number of aliphatic carboxylic acids is 1. The van der Waals surface area contributed by atoms with Gasteiger partial charge in [0.2, 0.25) is 0 Å². The highest BCUT2D eigenvalue weighted by atomic mass is 79.9. The van der Waals surface area contributed by atoms with Crippen LogP contribution in [0.1, 0.15) is 5.56 Å². The number of carbonyl (C=O) groups is 1. The molecule has 86 valence electrons. The molecule has 0 saturated heterocycles. The first-order valence-corrected chi connectivity index (χ1v) is 5.47. The number of halogens is 1. The molecule has 1 rings (SSSR count). The molecule has 1 aromatic carbocycles. The minimum absolute atomic E-state index is 0.141. The van der Waals surface area contributed by atoms with Gasteiger partial charge in [0.15, 0.2) is 0 Å². The Hall–Kier alpha value is -1.98. The van der Waals surface area contributed by atoms with Crippen molar-refractivity contribution in [1.82, 2.24) is 0 Å². The summed E-state index contributed by atoms with van der Waals surface area (Å²) in [6.07, 6.45) is 5.19. The molecule has 1 aromatic rings. The maximum atomic E-state index is 10.7. The van der Waals surface area contributed by atoms with Crippen molar-refractivity contribution < 1.29 is 9.90 Å². The van der Waals surface area contributed by atoms with Gasteiger partial charge in [-0.25, -0.2) is 0 Å². The van der Waals surface area contributed by atoms with E-state index in [4.69, 9.17) is 16.8 Å². The van der Waals surface area contributed by atoms with E-state index in [2.05, 4.69) is 21.9 Å². The Bertz CT molecular complexity index is 514. The van der Waals surface area contributed by atoms with Crippen molar-refractivity contribution in [2.75, 3.05) is 18.0 Å². The van der Waals surface area contributed by atoms with Crippen molar-refractivity contribution in [1.29, 1.82) is 5.26 Å². The lowest BCUT2D eigenvalue weighted by Crippen LogP contribution is -2.30. The first-order chi connectivity index (χ1) is 8.08. The molecule has 0 radical (unpaired) electrons. The molecule has 0 aliphatic heterocycles. The van der Waals surface area contributed by atoms with Gasteiger partial charge in [-0.3, -0.25) is 4.79 Å². The lowest BCUT2D eigenvalue weighted by atomic mass is 10.1. The molecule has 0 spiro atoms. The highest BCUT2D eigenvalue weighted by Crippen LogP contribution is 2.23. The molecule has 0 atom stereocenters. The lowest BCUT2D eigenvalue weighted by molar-refractivity contribution is -0.135. The van der Waals surface area contributed by atoms with Gasteiger partial charge in [0.05, 0.1) is 17.8 Å². The number of terminal acetylenes is 1. The predicted octanol–water partition coefficient (Wildman–Crippen LogP) is 1.84. The number of carboxylic acid groups (broad SMARTS) is 1. The average molecular weight is 293 g/mol. The molecule has 0 bridgehead atoms. The van der Waals surface area contributed by atoms with Crippen LogP contribution in [0.4, 0.5) is 5.69 Å². The number of anilines is 1. The van der Waals surface area contributed by atoms with Crippen LogP contribution in [0, 0.1) is 23.7 Å². The molecule has 0 aliphatic carbocycles. The van der Waals surface area contributed by atoms with E-state index in [9.17, 15) is 4.79 Å². The zero-order valence-electron chi connectivity index (χ0n) is 8.85. The molecule has 5 heteroatoms. The van der Waals surface area contributed by atoms with Crippen molar-refractivity contribution in [3.63, 3.8) is 0 Å². The third-order valence-electron chi connectivity index (χ3n) is 2.03. The monoisotopic (exact) mass is 292 g/mol. The van der Waals surface area contributed by atoms with Crippen molar-refractivity contribution in [2.45, 2.75) is 0 Å². The molecule has 0 aromatic heterocycles. The molecular formula is C12H9BrN2O2. The van der Waals surface area contributed by atoms with E-state index in [1.165, 1.54) is 4.90 Å². The summed E-state index contributed by atoms with van der Waals surface area (Å²) in [5, 5.41) is 17.8. The van der Waals surface area contributed by atoms with Crippen molar-refractivity contribution in [2.24, 2.45) is 0 Å². The van der Waals surface area contributed by atoms with Gasteiger partial charge in [-0.05, 0) is 18.2 Å². The van der Waals surface area contributed by atoms with E-state index < -0.39 is 5.97 Å². The average Bonchev–Trinajstić information content (AvgIpc) is 2.27. The summed E-state index contributed by atoms with van der Waals surface area (Å²) in [6, 6.07) is 7.05. The lowest BCUT2D eigenvalue weighted by Gasteiger charge is -2.21. The Labute approximate surface area is 108 Å². The van der Waals surface area contributed by atoms with Gasteiger partial charge >= 0.3 is 5.97 Å². The van der Waals surface area contributed by atoms with E-state index in [1.54, 1.807) is 18.2 Å². The van der Waals surface area contributed by atoms with Crippen LogP contribution < -0.4 is 4.90 Å². The minimum Gasteiger partial charge on any atom is -0.480 e. The van der Waals surface area contributed by atoms with Gasteiger partial charge in [-0.1, -0.05) is 21.9 Å². The fraction of sp³-hybridized carbons (Fsp3) is 0.167. The van der Waals surface area contributed by atoms with Crippen LogP contribution in [0.2, 0.25) is 0 Å². The summed E-state index contributed by atoms with van der Waals surface area (Å²) >= 11 is 3.25. The van der Waals surface area contributed by atoms with Crippen molar-refractivity contribution in [3.05, 3.63) is 28.2 Å². The normalized spacial score (nSPS) is 9.12. The van der Waals surface area contributed by atoms with Gasteiger partial charge in [0.1, 0.15) is 12.6 Å². The number of nitriles is 1. The first kappa shape index (κ1) is 13.1. The third-order valence-corrected chi connectivity index (χ3v) is 2.52. The van der Waals surface area contributed by atoms with Gasteiger partial charge in [-0.15, -0.1) is 6.42 Å². The second kappa shape index (κ2) is 5.93. The van der Waals surface area contributed by atoms with Crippen LogP contribution in [-0.4, -0.2) is 24.2 Å². The fourth-order valence-corrected chi connectivity index (χ4v) is 1.73. The van der Waals surface area contributed by atoms with E-state index >= 15 is 0 Å². The van der Waals surface area contributed by atoms with Crippen LogP contribution >= 0.6 is 15.9 Å². The Morgan fingerprint density at radius 3 is 2.82 bits per heavy atom. The smallest absolute Gasteiger partial charge is 0.323 e. The quantitative estimate of drug-likeness (QED) is 0.860. The number of rotatable bonds is 4. The summed E-state index contributed by atoms with van der Waals surface area (Å²) in [5.74, 6) is 1.39. The van der Waals surface area contributed by atoms with Crippen molar-refractivity contribution >= 4 is 27.6 Å². The molecule has 0 aliphatic rings. The number of benzene rings is 1. The van der Waals surface area contributed by atoms with Crippen LogP contribution in [-0.2, 0) is 4.79 Å². The summed E-state index contributed by atoms with van der Waals surface area (Å²) in [7, 11) is 0. The zero-order chi connectivity index (χ0) is 12.8. The molecule has 0 saturated carbocycles. The highest BCUT2D eigenvalue weighted by molar-refractivity contribution is 9.10. The Kier molecular flexibility index (Phi) is 4.56. The maximum Gasteiger partial charge on any atom is 0.323 e. The molecule has 1 N–H and O–H groups in total. The standard InChI is InChI=1S/C12H9BrN2O2/c1-2-5-15(8-12(16)17)11-4-3-10(13)6-9(11)7-14/h1,3-4,6H,5,8H2,(H,16,17). The third kappa shape index (κ3) is 3.51. The fourth-order valence-electron chi connectivity index (χ4n) is 1.37. The summed E-state index contributed by atoms with van der Waals surface area (Å²) in [6.45, 7) is -0.0941. The second-order valence-corrected chi connectivity index (χ2v) is 4.14.